The Bertz CT molecular complexity index is 101. The van der Waals surface area contributed by atoms with Crippen molar-refractivity contribution in [3.05, 3.63) is 24.3 Å². The van der Waals surface area contributed by atoms with Crippen molar-refractivity contribution in [1.29, 1.82) is 0 Å². The highest BCUT2D eigenvalue weighted by Crippen LogP contribution is 2.00. The van der Waals surface area contributed by atoms with Gasteiger partial charge in [0, 0.05) is 0 Å². The maximum Gasteiger partial charge on any atom is 0.0758 e. The van der Waals surface area contributed by atoms with Gasteiger partial charge < -0.3 is 5.11 Å². The maximum absolute atomic E-state index is 8.87. The van der Waals surface area contributed by atoms with Gasteiger partial charge in [-0.15, -0.1) is 0 Å². The molecule has 1 atom stereocenters. The molecule has 0 saturated heterocycles. The van der Waals surface area contributed by atoms with Gasteiger partial charge in [0.25, 0.3) is 0 Å². The minimum Gasteiger partial charge on any atom is -0.389 e. The van der Waals surface area contributed by atoms with Crippen molar-refractivity contribution < 1.29 is 5.11 Å². The monoisotopic (exact) mass is 112 g/mol. The zero-order chi connectivity index (χ0) is 6.57. The highest BCUT2D eigenvalue weighted by Gasteiger charge is 1.95. The van der Waals surface area contributed by atoms with E-state index in [1.54, 1.807) is 13.0 Å². The quantitative estimate of drug-likeness (QED) is 0.537. The first kappa shape index (κ1) is 7.44. The molecule has 0 aliphatic carbocycles. The van der Waals surface area contributed by atoms with Crippen molar-refractivity contribution in [2.45, 2.75) is 20.0 Å². The third-order valence-electron chi connectivity index (χ3n) is 1.05. The van der Waals surface area contributed by atoms with Crippen LogP contribution in [0.3, 0.4) is 0 Å². The third kappa shape index (κ3) is 1.94. The summed E-state index contributed by atoms with van der Waals surface area (Å²) in [5.41, 5.74) is 0.880. The summed E-state index contributed by atoms with van der Waals surface area (Å²) in [5.74, 6) is 0. The summed E-state index contributed by atoms with van der Waals surface area (Å²) in [6.07, 6.45) is 3.12. The Morgan fingerprint density at radius 3 is 2.25 bits per heavy atom. The van der Waals surface area contributed by atoms with E-state index in [1.165, 1.54) is 0 Å². The number of allylic oxidation sites excluding steroid dienone is 1. The molecular formula is C7H12O. The van der Waals surface area contributed by atoms with Crippen molar-refractivity contribution in [3.8, 4) is 0 Å². The molecule has 1 unspecified atom stereocenters. The second kappa shape index (κ2) is 3.44. The van der Waals surface area contributed by atoms with Crippen LogP contribution in [0, 0.1) is 0 Å². The minimum atomic E-state index is -0.377. The van der Waals surface area contributed by atoms with Crippen LogP contribution in [0.15, 0.2) is 24.3 Å². The summed E-state index contributed by atoms with van der Waals surface area (Å²) in [5, 5.41) is 8.87. The molecule has 1 N–H and O–H groups in total. The largest absolute Gasteiger partial charge is 0.389 e. The standard InChI is InChI=1S/C7H12O/c1-4-7(5-2)6(3)8/h4-6,8H,1H2,2-3H3/b7-5+. The SMILES string of the molecule is C=C/C(=C\C)C(C)O. The second-order valence-corrected chi connectivity index (χ2v) is 1.67. The number of hydrogen-bond donors (Lipinski definition) is 1. The summed E-state index contributed by atoms with van der Waals surface area (Å²) in [7, 11) is 0. The van der Waals surface area contributed by atoms with Crippen LogP contribution in [0.1, 0.15) is 13.8 Å². The average Bonchev–Trinajstić information content (AvgIpc) is 1.69. The second-order valence-electron chi connectivity index (χ2n) is 1.67. The topological polar surface area (TPSA) is 20.2 Å². The Morgan fingerprint density at radius 1 is 1.75 bits per heavy atom. The van der Waals surface area contributed by atoms with Gasteiger partial charge in [-0.1, -0.05) is 18.7 Å². The molecule has 0 fully saturated rings. The lowest BCUT2D eigenvalue weighted by atomic mass is 10.1. The van der Waals surface area contributed by atoms with Gasteiger partial charge in [-0.25, -0.2) is 0 Å². The van der Waals surface area contributed by atoms with Gasteiger partial charge in [0.1, 0.15) is 0 Å². The summed E-state index contributed by atoms with van der Waals surface area (Å²) in [4.78, 5) is 0. The molecule has 0 aromatic rings. The number of rotatable bonds is 2. The van der Waals surface area contributed by atoms with Crippen LogP contribution in [-0.4, -0.2) is 11.2 Å². The van der Waals surface area contributed by atoms with Crippen molar-refractivity contribution in [1.82, 2.24) is 0 Å². The van der Waals surface area contributed by atoms with E-state index in [9.17, 15) is 0 Å². The lowest BCUT2D eigenvalue weighted by Gasteiger charge is -2.01. The molecule has 0 heterocycles. The van der Waals surface area contributed by atoms with Gasteiger partial charge in [0.2, 0.25) is 0 Å². The first-order valence-electron chi connectivity index (χ1n) is 2.69. The van der Waals surface area contributed by atoms with Crippen LogP contribution in [0.25, 0.3) is 0 Å². The lowest BCUT2D eigenvalue weighted by molar-refractivity contribution is 0.235. The molecule has 0 saturated carbocycles. The molecule has 8 heavy (non-hydrogen) atoms. The van der Waals surface area contributed by atoms with E-state index >= 15 is 0 Å². The summed E-state index contributed by atoms with van der Waals surface area (Å²) in [6.45, 7) is 7.12. The van der Waals surface area contributed by atoms with Crippen LogP contribution in [0.5, 0.6) is 0 Å². The summed E-state index contributed by atoms with van der Waals surface area (Å²) >= 11 is 0. The van der Waals surface area contributed by atoms with Gasteiger partial charge >= 0.3 is 0 Å². The molecule has 0 amide bonds. The average molecular weight is 112 g/mol. The Kier molecular flexibility index (Phi) is 3.20. The van der Waals surface area contributed by atoms with E-state index in [1.807, 2.05) is 13.0 Å². The normalized spacial score (nSPS) is 15.6. The van der Waals surface area contributed by atoms with Crippen LogP contribution >= 0.6 is 0 Å². The van der Waals surface area contributed by atoms with Crippen molar-refractivity contribution >= 4 is 0 Å². The molecule has 0 bridgehead atoms. The van der Waals surface area contributed by atoms with Crippen LogP contribution in [0.4, 0.5) is 0 Å². The fraction of sp³-hybridized carbons (Fsp3) is 0.429. The Labute approximate surface area is 50.3 Å². The number of aliphatic hydroxyl groups is 1. The molecule has 0 aliphatic heterocycles. The van der Waals surface area contributed by atoms with Crippen LogP contribution < -0.4 is 0 Å². The molecule has 1 heteroatoms. The predicted molar refractivity (Wildman–Crippen MR) is 35.6 cm³/mol. The Morgan fingerprint density at radius 2 is 2.25 bits per heavy atom. The minimum absolute atomic E-state index is 0.377. The van der Waals surface area contributed by atoms with Crippen LogP contribution in [0.2, 0.25) is 0 Å². The molecular weight excluding hydrogens is 100 g/mol. The van der Waals surface area contributed by atoms with E-state index in [0.717, 1.165) is 5.57 Å². The van der Waals surface area contributed by atoms with Crippen molar-refractivity contribution in [2.75, 3.05) is 0 Å². The zero-order valence-corrected chi connectivity index (χ0v) is 5.39. The molecule has 0 radical (unpaired) electrons. The van der Waals surface area contributed by atoms with Gasteiger partial charge in [-0.05, 0) is 19.4 Å². The number of aliphatic hydroxyl groups excluding tert-OH is 1. The summed E-state index contributed by atoms with van der Waals surface area (Å²) < 4.78 is 0. The third-order valence-corrected chi connectivity index (χ3v) is 1.05. The predicted octanol–water partition coefficient (Wildman–Crippen LogP) is 1.50. The molecule has 46 valence electrons. The highest BCUT2D eigenvalue weighted by molar-refractivity contribution is 5.18. The molecule has 0 rings (SSSR count). The number of hydrogen-bond acceptors (Lipinski definition) is 1. The Balaban J connectivity index is 3.91. The zero-order valence-electron chi connectivity index (χ0n) is 5.39. The van der Waals surface area contributed by atoms with E-state index in [-0.39, 0.29) is 6.10 Å². The first-order chi connectivity index (χ1) is 3.72. The fourth-order valence-corrected chi connectivity index (χ4v) is 0.530. The van der Waals surface area contributed by atoms with Crippen molar-refractivity contribution in [2.24, 2.45) is 0 Å². The summed E-state index contributed by atoms with van der Waals surface area (Å²) in [6, 6.07) is 0. The molecule has 0 spiro atoms. The fourth-order valence-electron chi connectivity index (χ4n) is 0.530. The lowest BCUT2D eigenvalue weighted by Crippen LogP contribution is -2.00. The van der Waals surface area contributed by atoms with Gasteiger partial charge in [0.15, 0.2) is 0 Å². The van der Waals surface area contributed by atoms with Gasteiger partial charge in [-0.3, -0.25) is 0 Å². The molecule has 1 nitrogen and oxygen atoms in total. The van der Waals surface area contributed by atoms with Crippen LogP contribution in [-0.2, 0) is 0 Å². The first-order valence-corrected chi connectivity index (χ1v) is 2.69. The smallest absolute Gasteiger partial charge is 0.0758 e. The van der Waals surface area contributed by atoms with E-state index in [4.69, 9.17) is 5.11 Å². The van der Waals surface area contributed by atoms with E-state index < -0.39 is 0 Å². The van der Waals surface area contributed by atoms with E-state index in [2.05, 4.69) is 6.58 Å². The maximum atomic E-state index is 8.87. The van der Waals surface area contributed by atoms with Crippen molar-refractivity contribution in [3.63, 3.8) is 0 Å². The highest BCUT2D eigenvalue weighted by atomic mass is 16.3. The van der Waals surface area contributed by atoms with Gasteiger partial charge in [-0.2, -0.15) is 0 Å². The molecule has 0 aliphatic rings. The molecule has 0 aromatic heterocycles. The van der Waals surface area contributed by atoms with Gasteiger partial charge in [0.05, 0.1) is 6.10 Å². The van der Waals surface area contributed by atoms with E-state index in [0.29, 0.717) is 0 Å². The molecule has 0 aromatic carbocycles. The Hall–Kier alpha value is -0.560.